The van der Waals surface area contributed by atoms with Crippen LogP contribution in [0.3, 0.4) is 0 Å². The van der Waals surface area contributed by atoms with Gasteiger partial charge < -0.3 is 10.2 Å². The first-order valence-corrected chi connectivity index (χ1v) is 14.2. The third-order valence-corrected chi connectivity index (χ3v) is 7.55. The monoisotopic (exact) mass is 561 g/mol. The zero-order chi connectivity index (χ0) is 26.2. The third-order valence-electron chi connectivity index (χ3n) is 5.36. The Morgan fingerprint density at radius 2 is 1.69 bits per heavy atom. The number of unbranched alkanes of at least 4 members (excludes halogenated alkanes) is 1. The van der Waals surface area contributed by atoms with Crippen LogP contribution in [0.15, 0.2) is 42.5 Å². The maximum atomic E-state index is 13.6. The molecule has 0 aliphatic rings. The highest BCUT2D eigenvalue weighted by Crippen LogP contribution is 2.33. The molecule has 0 aliphatic carbocycles. The number of hydrogen-bond donors (Lipinski definition) is 1. The Morgan fingerprint density at radius 1 is 1.03 bits per heavy atom. The van der Waals surface area contributed by atoms with Crippen LogP contribution in [0.25, 0.3) is 0 Å². The normalized spacial score (nSPS) is 12.2. The molecule has 0 bridgehead atoms. The molecule has 2 amide bonds. The van der Waals surface area contributed by atoms with E-state index in [4.69, 9.17) is 34.8 Å². The maximum absolute atomic E-state index is 13.6. The minimum absolute atomic E-state index is 0.0148. The van der Waals surface area contributed by atoms with E-state index in [1.807, 2.05) is 6.92 Å². The lowest BCUT2D eigenvalue weighted by molar-refractivity contribution is -0.140. The van der Waals surface area contributed by atoms with E-state index in [1.165, 1.54) is 17.0 Å². The van der Waals surface area contributed by atoms with E-state index in [1.54, 1.807) is 37.3 Å². The summed E-state index contributed by atoms with van der Waals surface area (Å²) in [6.07, 6.45) is 3.04. The molecule has 7 nitrogen and oxygen atoms in total. The Hall–Kier alpha value is -2.00. The van der Waals surface area contributed by atoms with Crippen molar-refractivity contribution in [3.05, 3.63) is 63.1 Å². The SMILES string of the molecule is CCCCNC(=O)[C@H](CC)N(Cc1ccc(Cl)cc1)C(=O)CN(c1cccc(Cl)c1Cl)S(C)(=O)=O. The maximum Gasteiger partial charge on any atom is 0.244 e. The number of nitrogens with zero attached hydrogens (tertiary/aromatic N) is 2. The zero-order valence-electron chi connectivity index (χ0n) is 19.9. The number of halogens is 3. The van der Waals surface area contributed by atoms with Gasteiger partial charge in [0.2, 0.25) is 21.8 Å². The van der Waals surface area contributed by atoms with Crippen molar-refractivity contribution in [1.29, 1.82) is 0 Å². The molecule has 2 aromatic rings. The molecule has 0 unspecified atom stereocenters. The van der Waals surface area contributed by atoms with Crippen LogP contribution in [0.2, 0.25) is 15.1 Å². The quantitative estimate of drug-likeness (QED) is 0.363. The summed E-state index contributed by atoms with van der Waals surface area (Å²) in [4.78, 5) is 28.0. The summed E-state index contributed by atoms with van der Waals surface area (Å²) in [5, 5.41) is 3.58. The number of carbonyl (C=O) groups excluding carboxylic acids is 2. The van der Waals surface area contributed by atoms with Crippen LogP contribution in [0.5, 0.6) is 0 Å². The lowest BCUT2D eigenvalue weighted by Crippen LogP contribution is -2.52. The summed E-state index contributed by atoms with van der Waals surface area (Å²) >= 11 is 18.4. The second kappa shape index (κ2) is 13.3. The Kier molecular flexibility index (Phi) is 11.1. The predicted molar refractivity (Wildman–Crippen MR) is 143 cm³/mol. The van der Waals surface area contributed by atoms with Crippen molar-refractivity contribution in [3.63, 3.8) is 0 Å². The number of nitrogens with one attached hydrogen (secondary N) is 1. The number of sulfonamides is 1. The first kappa shape index (κ1) is 29.2. The van der Waals surface area contributed by atoms with Gasteiger partial charge >= 0.3 is 0 Å². The number of rotatable bonds is 12. The van der Waals surface area contributed by atoms with E-state index >= 15 is 0 Å². The van der Waals surface area contributed by atoms with Crippen molar-refractivity contribution >= 4 is 62.3 Å². The summed E-state index contributed by atoms with van der Waals surface area (Å²) < 4.78 is 26.2. The molecule has 1 atom stereocenters. The van der Waals surface area contributed by atoms with Crippen LogP contribution >= 0.6 is 34.8 Å². The first-order chi connectivity index (χ1) is 16.5. The predicted octanol–water partition coefficient (Wildman–Crippen LogP) is 5.14. The number of benzene rings is 2. The molecule has 0 heterocycles. The van der Waals surface area contributed by atoms with Crippen LogP contribution in [-0.2, 0) is 26.2 Å². The fraction of sp³-hybridized carbons (Fsp3) is 0.417. The molecular weight excluding hydrogens is 533 g/mol. The molecular formula is C24H30Cl3N3O4S. The minimum Gasteiger partial charge on any atom is -0.354 e. The van der Waals surface area contributed by atoms with E-state index in [2.05, 4.69) is 5.32 Å². The van der Waals surface area contributed by atoms with Gasteiger partial charge in [0.1, 0.15) is 12.6 Å². The summed E-state index contributed by atoms with van der Waals surface area (Å²) in [5.41, 5.74) is 0.830. The van der Waals surface area contributed by atoms with Gasteiger partial charge in [0.25, 0.3) is 0 Å². The van der Waals surface area contributed by atoms with Crippen LogP contribution in [0.4, 0.5) is 5.69 Å². The van der Waals surface area contributed by atoms with Crippen LogP contribution in [-0.4, -0.2) is 50.5 Å². The van der Waals surface area contributed by atoms with Crippen LogP contribution in [0, 0.1) is 0 Å². The van der Waals surface area contributed by atoms with Crippen molar-refractivity contribution in [2.45, 2.75) is 45.7 Å². The van der Waals surface area contributed by atoms with Gasteiger partial charge in [0.05, 0.1) is 22.0 Å². The molecule has 35 heavy (non-hydrogen) atoms. The van der Waals surface area contributed by atoms with E-state index < -0.39 is 28.5 Å². The smallest absolute Gasteiger partial charge is 0.244 e. The van der Waals surface area contributed by atoms with Crippen molar-refractivity contribution in [3.8, 4) is 0 Å². The molecule has 0 saturated heterocycles. The molecule has 2 rings (SSSR count). The van der Waals surface area contributed by atoms with E-state index in [9.17, 15) is 18.0 Å². The standard InChI is InChI=1S/C24H30Cl3N3O4S/c1-4-6-14-28-24(32)20(5-2)29(15-17-10-12-18(25)13-11-17)22(31)16-30(35(3,33)34)21-9-7-8-19(26)23(21)27/h7-13,20H,4-6,14-16H2,1-3H3,(H,28,32)/t20-/m0/s1. The lowest BCUT2D eigenvalue weighted by Gasteiger charge is -2.33. The molecule has 0 aliphatic heterocycles. The number of carbonyl (C=O) groups is 2. The Bertz CT molecular complexity index is 1130. The third kappa shape index (κ3) is 8.27. The van der Waals surface area contributed by atoms with Gasteiger partial charge in [-0.2, -0.15) is 0 Å². The van der Waals surface area contributed by atoms with Crippen molar-refractivity contribution in [2.24, 2.45) is 0 Å². The van der Waals surface area contributed by atoms with Crippen molar-refractivity contribution in [1.82, 2.24) is 10.2 Å². The fourth-order valence-electron chi connectivity index (χ4n) is 3.49. The van der Waals surface area contributed by atoms with Gasteiger partial charge in [0, 0.05) is 18.1 Å². The minimum atomic E-state index is -3.91. The highest BCUT2D eigenvalue weighted by Gasteiger charge is 2.32. The average molecular weight is 563 g/mol. The van der Waals surface area contributed by atoms with E-state index in [0.717, 1.165) is 29.0 Å². The molecule has 0 saturated carbocycles. The second-order valence-electron chi connectivity index (χ2n) is 8.06. The average Bonchev–Trinajstić information content (AvgIpc) is 2.80. The first-order valence-electron chi connectivity index (χ1n) is 11.2. The van der Waals surface area contributed by atoms with E-state index in [0.29, 0.717) is 18.0 Å². The summed E-state index contributed by atoms with van der Waals surface area (Å²) in [5.74, 6) is -0.853. The molecule has 11 heteroatoms. The number of hydrogen-bond acceptors (Lipinski definition) is 4. The van der Waals surface area contributed by atoms with Crippen molar-refractivity contribution < 1.29 is 18.0 Å². The van der Waals surface area contributed by atoms with Gasteiger partial charge in [-0.1, -0.05) is 73.3 Å². The number of amides is 2. The highest BCUT2D eigenvalue weighted by molar-refractivity contribution is 7.92. The molecule has 2 aromatic carbocycles. The molecule has 1 N–H and O–H groups in total. The second-order valence-corrected chi connectivity index (χ2v) is 11.2. The largest absolute Gasteiger partial charge is 0.354 e. The molecule has 0 spiro atoms. The Balaban J connectivity index is 2.43. The van der Waals surface area contributed by atoms with Crippen LogP contribution in [0.1, 0.15) is 38.7 Å². The topological polar surface area (TPSA) is 86.8 Å². The van der Waals surface area contributed by atoms with Crippen molar-refractivity contribution in [2.75, 3.05) is 23.7 Å². The zero-order valence-corrected chi connectivity index (χ0v) is 23.0. The number of anilines is 1. The van der Waals surface area contributed by atoms with Gasteiger partial charge in [-0.15, -0.1) is 0 Å². The fourth-order valence-corrected chi connectivity index (χ4v) is 4.92. The summed E-state index contributed by atoms with van der Waals surface area (Å²) in [6, 6.07) is 10.6. The van der Waals surface area contributed by atoms with Gasteiger partial charge in [0.15, 0.2) is 0 Å². The van der Waals surface area contributed by atoms with Crippen LogP contribution < -0.4 is 9.62 Å². The van der Waals surface area contributed by atoms with Gasteiger partial charge in [-0.05, 0) is 42.7 Å². The lowest BCUT2D eigenvalue weighted by atomic mass is 10.1. The molecule has 0 fully saturated rings. The van der Waals surface area contributed by atoms with E-state index in [-0.39, 0.29) is 28.2 Å². The summed E-state index contributed by atoms with van der Waals surface area (Å²) in [7, 11) is -3.91. The van der Waals surface area contributed by atoms with Gasteiger partial charge in [-0.3, -0.25) is 13.9 Å². The Morgan fingerprint density at radius 3 is 2.26 bits per heavy atom. The van der Waals surface area contributed by atoms with Gasteiger partial charge in [-0.25, -0.2) is 8.42 Å². The molecule has 192 valence electrons. The highest BCUT2D eigenvalue weighted by atomic mass is 35.5. The molecule has 0 aromatic heterocycles. The molecule has 0 radical (unpaired) electrons. The Labute approximate surface area is 222 Å². The summed E-state index contributed by atoms with van der Waals surface area (Å²) in [6.45, 7) is 3.85.